The van der Waals surface area contributed by atoms with E-state index in [-0.39, 0.29) is 5.82 Å². The van der Waals surface area contributed by atoms with E-state index in [9.17, 15) is 4.39 Å². The van der Waals surface area contributed by atoms with Gasteiger partial charge >= 0.3 is 0 Å². The molecule has 184 valence electrons. The highest BCUT2D eigenvalue weighted by Crippen LogP contribution is 2.31. The second kappa shape index (κ2) is 9.84. The molecule has 0 radical (unpaired) electrons. The number of nitrogens with zero attached hydrogens (tertiary/aromatic N) is 7. The van der Waals surface area contributed by atoms with Crippen LogP contribution in [0.4, 0.5) is 10.2 Å². The molecule has 1 aliphatic heterocycles. The van der Waals surface area contributed by atoms with Crippen molar-refractivity contribution in [3.63, 3.8) is 0 Å². The number of aromatic nitrogens is 5. The van der Waals surface area contributed by atoms with Gasteiger partial charge in [0.05, 0.1) is 25.4 Å². The molecule has 0 saturated carbocycles. The first-order valence-corrected chi connectivity index (χ1v) is 12.2. The maximum absolute atomic E-state index is 13.5. The van der Waals surface area contributed by atoms with E-state index in [1.807, 2.05) is 47.8 Å². The Morgan fingerprint density at radius 3 is 2.59 bits per heavy atom. The smallest absolute Gasteiger partial charge is 0.137 e. The van der Waals surface area contributed by atoms with Crippen LogP contribution in [0.5, 0.6) is 0 Å². The third kappa shape index (κ3) is 4.79. The second-order valence-electron chi connectivity index (χ2n) is 9.21. The molecule has 8 nitrogen and oxygen atoms in total. The standard InChI is InChI=1S/C28H25FN8/c29-24-3-1-2-20(12-24)18-37-19-23(16-34-37)26-17-33-28-25(26)13-22(15-32-28)21-4-5-27(31-14-21)36-10-8-35(7-6-30)9-11-36/h1-5,12-17,19H,7-11,18H2,(H,32,33). The first-order chi connectivity index (χ1) is 18.2. The zero-order valence-corrected chi connectivity index (χ0v) is 20.2. The summed E-state index contributed by atoms with van der Waals surface area (Å²) in [4.78, 5) is 17.0. The molecular weight excluding hydrogens is 467 g/mol. The summed E-state index contributed by atoms with van der Waals surface area (Å²) >= 11 is 0. The van der Waals surface area contributed by atoms with Crippen molar-refractivity contribution >= 4 is 16.9 Å². The molecule has 0 bridgehead atoms. The molecule has 1 saturated heterocycles. The van der Waals surface area contributed by atoms with Crippen LogP contribution in [0, 0.1) is 17.1 Å². The Morgan fingerprint density at radius 1 is 0.946 bits per heavy atom. The van der Waals surface area contributed by atoms with Crippen molar-refractivity contribution in [2.75, 3.05) is 37.6 Å². The largest absolute Gasteiger partial charge is 0.354 e. The van der Waals surface area contributed by atoms with Gasteiger partial charge in [-0.15, -0.1) is 0 Å². The predicted octanol–water partition coefficient (Wildman–Crippen LogP) is 4.32. The van der Waals surface area contributed by atoms with Crippen LogP contribution >= 0.6 is 0 Å². The first-order valence-electron chi connectivity index (χ1n) is 12.2. The second-order valence-corrected chi connectivity index (χ2v) is 9.21. The molecule has 1 fully saturated rings. The minimum Gasteiger partial charge on any atom is -0.354 e. The molecule has 0 atom stereocenters. The number of anilines is 1. The molecular formula is C28H25FN8. The van der Waals surface area contributed by atoms with E-state index in [1.54, 1.807) is 6.07 Å². The topological polar surface area (TPSA) is 89.7 Å². The van der Waals surface area contributed by atoms with Crippen molar-refractivity contribution in [1.29, 1.82) is 5.26 Å². The van der Waals surface area contributed by atoms with Gasteiger partial charge in [0.2, 0.25) is 0 Å². The van der Waals surface area contributed by atoms with Gasteiger partial charge < -0.3 is 9.88 Å². The number of H-pyrrole nitrogens is 1. The van der Waals surface area contributed by atoms with Crippen LogP contribution in [-0.2, 0) is 6.54 Å². The average Bonchev–Trinajstić information content (AvgIpc) is 3.56. The van der Waals surface area contributed by atoms with Gasteiger partial charge in [0.25, 0.3) is 0 Å². The number of hydrogen-bond acceptors (Lipinski definition) is 6. The Kier molecular flexibility index (Phi) is 6.08. The molecule has 0 aliphatic carbocycles. The summed E-state index contributed by atoms with van der Waals surface area (Å²) in [6.45, 7) is 4.43. The minimum absolute atomic E-state index is 0.249. The summed E-state index contributed by atoms with van der Waals surface area (Å²) in [6.07, 6.45) is 9.48. The quantitative estimate of drug-likeness (QED) is 0.355. The number of halogens is 1. The summed E-state index contributed by atoms with van der Waals surface area (Å²) < 4.78 is 15.4. The van der Waals surface area contributed by atoms with Gasteiger partial charge in [0.15, 0.2) is 0 Å². The zero-order valence-electron chi connectivity index (χ0n) is 20.2. The van der Waals surface area contributed by atoms with E-state index < -0.39 is 0 Å². The van der Waals surface area contributed by atoms with Crippen molar-refractivity contribution < 1.29 is 4.39 Å². The van der Waals surface area contributed by atoms with E-state index in [4.69, 9.17) is 10.2 Å². The van der Waals surface area contributed by atoms with Crippen LogP contribution in [-0.4, -0.2) is 62.4 Å². The maximum Gasteiger partial charge on any atom is 0.137 e. The lowest BCUT2D eigenvalue weighted by Gasteiger charge is -2.34. The molecule has 0 spiro atoms. The molecule has 1 aromatic carbocycles. The number of aromatic amines is 1. The number of pyridine rings is 2. The van der Waals surface area contributed by atoms with Crippen molar-refractivity contribution in [3.05, 3.63) is 84.8 Å². The van der Waals surface area contributed by atoms with E-state index in [0.29, 0.717) is 13.1 Å². The van der Waals surface area contributed by atoms with Gasteiger partial charge in [0.1, 0.15) is 17.3 Å². The molecule has 5 aromatic rings. The number of nitrogens with one attached hydrogen (secondary N) is 1. The summed E-state index contributed by atoms with van der Waals surface area (Å²) in [5.41, 5.74) is 5.61. The predicted molar refractivity (Wildman–Crippen MR) is 140 cm³/mol. The lowest BCUT2D eigenvalue weighted by Crippen LogP contribution is -2.46. The Labute approximate surface area is 213 Å². The highest BCUT2D eigenvalue weighted by atomic mass is 19.1. The van der Waals surface area contributed by atoms with Crippen molar-refractivity contribution in [2.45, 2.75) is 6.54 Å². The zero-order chi connectivity index (χ0) is 25.2. The summed E-state index contributed by atoms with van der Waals surface area (Å²) in [6, 6.07) is 15.0. The first kappa shape index (κ1) is 22.9. The van der Waals surface area contributed by atoms with Crippen molar-refractivity contribution in [1.82, 2.24) is 29.6 Å². The van der Waals surface area contributed by atoms with E-state index in [0.717, 1.165) is 70.8 Å². The molecule has 1 aliphatic rings. The lowest BCUT2D eigenvalue weighted by atomic mass is 10.1. The van der Waals surface area contributed by atoms with E-state index >= 15 is 0 Å². The Balaban J connectivity index is 1.21. The molecule has 6 rings (SSSR count). The monoisotopic (exact) mass is 492 g/mol. The van der Waals surface area contributed by atoms with E-state index in [1.165, 1.54) is 12.1 Å². The lowest BCUT2D eigenvalue weighted by molar-refractivity contribution is 0.286. The molecule has 4 aromatic heterocycles. The SMILES string of the molecule is N#CCN1CCN(c2ccc(-c3cnc4[nH]cc(-c5cnn(Cc6cccc(F)c6)c5)c4c3)cn2)CC1. The number of hydrogen-bond donors (Lipinski definition) is 1. The van der Waals surface area contributed by atoms with Gasteiger partial charge in [-0.2, -0.15) is 10.4 Å². The number of rotatable bonds is 6. The normalized spacial score (nSPS) is 14.2. The number of fused-ring (bicyclic) bond motifs is 1. The highest BCUT2D eigenvalue weighted by Gasteiger charge is 2.18. The summed E-state index contributed by atoms with van der Waals surface area (Å²) in [5, 5.41) is 14.4. The third-order valence-electron chi connectivity index (χ3n) is 6.78. The molecule has 9 heteroatoms. The Morgan fingerprint density at radius 2 is 1.81 bits per heavy atom. The fourth-order valence-corrected chi connectivity index (χ4v) is 4.79. The van der Waals surface area contributed by atoms with Crippen LogP contribution in [0.25, 0.3) is 33.3 Å². The third-order valence-corrected chi connectivity index (χ3v) is 6.78. The van der Waals surface area contributed by atoms with Crippen molar-refractivity contribution in [2.24, 2.45) is 0 Å². The summed E-state index contributed by atoms with van der Waals surface area (Å²) in [5.74, 6) is 0.697. The number of nitriles is 1. The van der Waals surface area contributed by atoms with Gasteiger partial charge in [-0.3, -0.25) is 9.58 Å². The van der Waals surface area contributed by atoms with Crippen LogP contribution in [0.15, 0.2) is 73.4 Å². The number of benzene rings is 1. The molecule has 1 N–H and O–H groups in total. The van der Waals surface area contributed by atoms with Crippen LogP contribution in [0.1, 0.15) is 5.56 Å². The van der Waals surface area contributed by atoms with Crippen LogP contribution in [0.2, 0.25) is 0 Å². The molecule has 37 heavy (non-hydrogen) atoms. The highest BCUT2D eigenvalue weighted by molar-refractivity contribution is 5.95. The molecule has 5 heterocycles. The molecule has 0 amide bonds. The van der Waals surface area contributed by atoms with Gasteiger partial charge in [-0.1, -0.05) is 12.1 Å². The maximum atomic E-state index is 13.5. The van der Waals surface area contributed by atoms with Crippen LogP contribution in [0.3, 0.4) is 0 Å². The Hall–Kier alpha value is -4.55. The van der Waals surface area contributed by atoms with Crippen LogP contribution < -0.4 is 4.90 Å². The van der Waals surface area contributed by atoms with Gasteiger partial charge in [0, 0.05) is 78.6 Å². The van der Waals surface area contributed by atoms with Gasteiger partial charge in [-0.25, -0.2) is 14.4 Å². The summed E-state index contributed by atoms with van der Waals surface area (Å²) in [7, 11) is 0. The average molecular weight is 493 g/mol. The fourth-order valence-electron chi connectivity index (χ4n) is 4.79. The minimum atomic E-state index is -0.249. The molecule has 0 unspecified atom stereocenters. The number of piperazine rings is 1. The Bertz CT molecular complexity index is 1570. The van der Waals surface area contributed by atoms with Gasteiger partial charge in [-0.05, 0) is 35.9 Å². The van der Waals surface area contributed by atoms with Crippen molar-refractivity contribution in [3.8, 4) is 28.3 Å². The fraction of sp³-hybridized carbons (Fsp3) is 0.214. The van der Waals surface area contributed by atoms with E-state index in [2.05, 4.69) is 43.1 Å².